The molecule has 99 valence electrons. The minimum atomic E-state index is -3.62. The van der Waals surface area contributed by atoms with E-state index in [9.17, 15) is 13.6 Å². The second kappa shape index (κ2) is 4.09. The van der Waals surface area contributed by atoms with E-state index in [1.807, 2.05) is 5.79 Å². The summed E-state index contributed by atoms with van der Waals surface area (Å²) in [6.07, 6.45) is -2.16. The third kappa shape index (κ3) is 2.07. The summed E-state index contributed by atoms with van der Waals surface area (Å²) >= 11 is -0.131. The van der Waals surface area contributed by atoms with Crippen molar-refractivity contribution >= 4 is 21.3 Å². The third-order valence-corrected chi connectivity index (χ3v) is 3.96. The molecule has 19 heavy (non-hydrogen) atoms. The number of halogens is 2. The first-order valence-corrected chi connectivity index (χ1v) is 7.69. The van der Waals surface area contributed by atoms with E-state index in [0.29, 0.717) is 5.56 Å². The summed E-state index contributed by atoms with van der Waals surface area (Å²) in [5, 5.41) is 0. The Morgan fingerprint density at radius 1 is 1.32 bits per heavy atom. The van der Waals surface area contributed by atoms with Gasteiger partial charge in [0.25, 0.3) is 0 Å². The summed E-state index contributed by atoms with van der Waals surface area (Å²) in [5.41, 5.74) is 0.136. The van der Waals surface area contributed by atoms with Gasteiger partial charge in [0.15, 0.2) is 11.5 Å². The van der Waals surface area contributed by atoms with Crippen molar-refractivity contribution < 1.29 is 23.0 Å². The molecule has 1 N–H and O–H groups in total. The topological polar surface area (TPSA) is 47.6 Å². The lowest BCUT2D eigenvalue weighted by atomic mass is 9.95. The Bertz CT molecular complexity index is 546. The number of rotatable bonds is 3. The number of fused-ring (bicyclic) bond motifs is 1. The highest BCUT2D eigenvalue weighted by atomic mass is 27.1. The molecule has 0 spiro atoms. The summed E-state index contributed by atoms with van der Waals surface area (Å²) in [7, 11) is 0. The van der Waals surface area contributed by atoms with Crippen LogP contribution in [0.5, 0.6) is 11.5 Å². The quantitative estimate of drug-likeness (QED) is 0.860. The maximum atomic E-state index is 12.9. The van der Waals surface area contributed by atoms with Crippen molar-refractivity contribution in [3.8, 4) is 11.5 Å². The van der Waals surface area contributed by atoms with Gasteiger partial charge in [0, 0.05) is 0 Å². The van der Waals surface area contributed by atoms with Gasteiger partial charge >= 0.3 is 21.7 Å². The zero-order valence-corrected chi connectivity index (χ0v) is 11.4. The van der Waals surface area contributed by atoms with Gasteiger partial charge in [-0.05, 0) is 30.5 Å². The van der Waals surface area contributed by atoms with Crippen LogP contribution >= 0.6 is 0 Å². The Labute approximate surface area is 115 Å². The van der Waals surface area contributed by atoms with Crippen molar-refractivity contribution in [2.75, 3.05) is 0 Å². The number of hydrogen-bond acceptors (Lipinski definition) is 3. The van der Waals surface area contributed by atoms with E-state index in [0.717, 1.165) is 12.8 Å². The number of ether oxygens (including phenoxy) is 2. The Morgan fingerprint density at radius 3 is 2.63 bits per heavy atom. The Kier molecular flexibility index (Phi) is 2.73. The molecule has 2 aliphatic rings. The molecule has 0 saturated heterocycles. The molecule has 0 unspecified atom stereocenters. The molecule has 1 radical (unpaired) electrons. The molecule has 4 nitrogen and oxygen atoms in total. The molecule has 1 aliphatic carbocycles. The molecule has 1 fully saturated rings. The predicted molar refractivity (Wildman–Crippen MR) is 63.3 cm³/mol. The lowest BCUT2D eigenvalue weighted by Crippen LogP contribution is -2.36. The van der Waals surface area contributed by atoms with Crippen LogP contribution in [0.1, 0.15) is 18.4 Å². The number of amides is 1. The average molecular weight is 282 g/mol. The Morgan fingerprint density at radius 2 is 2.00 bits per heavy atom. The van der Waals surface area contributed by atoms with E-state index in [2.05, 4.69) is 13.8 Å². The van der Waals surface area contributed by atoms with Crippen molar-refractivity contribution in [2.24, 2.45) is 0 Å². The second-order valence-corrected chi connectivity index (χ2v) is 5.54. The number of hydrogen-bond donors (Lipinski definition) is 1. The molecular weight excluding hydrogens is 271 g/mol. The minimum Gasteiger partial charge on any atom is -0.453 e. The van der Waals surface area contributed by atoms with Crippen LogP contribution in [0.3, 0.4) is 0 Å². The normalized spacial score (nSPS) is 20.8. The van der Waals surface area contributed by atoms with Gasteiger partial charge in [-0.1, -0.05) is 11.9 Å². The first-order chi connectivity index (χ1) is 8.97. The second-order valence-electron chi connectivity index (χ2n) is 4.67. The number of carbonyl (C=O) groups is 1. The van der Waals surface area contributed by atoms with Crippen molar-refractivity contribution in [1.29, 1.82) is 0 Å². The smallest absolute Gasteiger partial charge is 0.453 e. The first kappa shape index (κ1) is 12.7. The summed E-state index contributed by atoms with van der Waals surface area (Å²) < 4.78 is 37.5. The lowest BCUT2D eigenvalue weighted by Gasteiger charge is -2.15. The van der Waals surface area contributed by atoms with E-state index in [1.54, 1.807) is 6.07 Å². The van der Waals surface area contributed by atoms with Gasteiger partial charge in [-0.3, -0.25) is 4.79 Å². The molecular formula is C12H11AlF2NO3. The number of alkyl halides is 2. The molecule has 0 bridgehead atoms. The van der Waals surface area contributed by atoms with E-state index in [-0.39, 0.29) is 32.8 Å². The van der Waals surface area contributed by atoms with Crippen molar-refractivity contribution in [3.63, 3.8) is 0 Å². The highest BCUT2D eigenvalue weighted by Gasteiger charge is 2.52. The Balaban J connectivity index is 1.91. The maximum absolute atomic E-state index is 12.9. The van der Waals surface area contributed by atoms with Crippen LogP contribution in [0.15, 0.2) is 18.2 Å². The van der Waals surface area contributed by atoms with Gasteiger partial charge in [0.2, 0.25) is 5.91 Å². The molecule has 3 rings (SSSR count). The van der Waals surface area contributed by atoms with Crippen LogP contribution in [0.25, 0.3) is 0 Å². The number of carbonyl (C=O) groups excluding carboxylic acids is 1. The van der Waals surface area contributed by atoms with Crippen LogP contribution in [0.2, 0.25) is 5.79 Å². The van der Waals surface area contributed by atoms with Crippen molar-refractivity contribution in [1.82, 2.24) is 4.30 Å². The standard InChI is InChI=1S/C11H9F2NO3.CH3.Al/c12-11(13)16-7-2-1-6(5-8(7)17-11)10(3-4-10)9(14)15;;/h1-2,5H,3-4H2,(H2,14,15);1H3;/q;;+1/p-1. The van der Waals surface area contributed by atoms with Crippen LogP contribution in [0.4, 0.5) is 8.78 Å². The van der Waals surface area contributed by atoms with E-state index in [4.69, 9.17) is 0 Å². The van der Waals surface area contributed by atoms with Crippen LogP contribution < -0.4 is 13.8 Å². The fourth-order valence-corrected chi connectivity index (χ4v) is 2.83. The predicted octanol–water partition coefficient (Wildman–Crippen LogP) is 1.82. The van der Waals surface area contributed by atoms with Gasteiger partial charge in [0.05, 0.1) is 5.41 Å². The van der Waals surface area contributed by atoms with Crippen LogP contribution in [-0.2, 0) is 10.2 Å². The first-order valence-electron chi connectivity index (χ1n) is 5.96. The monoisotopic (exact) mass is 282 g/mol. The zero-order valence-electron chi connectivity index (χ0n) is 10.2. The minimum absolute atomic E-state index is 0.00562. The molecule has 0 atom stereocenters. The highest BCUT2D eigenvalue weighted by molar-refractivity contribution is 6.36. The maximum Gasteiger partial charge on any atom is 0.586 e. The molecule has 7 heteroatoms. The van der Waals surface area contributed by atoms with E-state index < -0.39 is 11.7 Å². The molecule has 1 saturated carbocycles. The number of benzene rings is 1. The van der Waals surface area contributed by atoms with E-state index >= 15 is 0 Å². The molecule has 1 aromatic rings. The van der Waals surface area contributed by atoms with Gasteiger partial charge in [-0.15, -0.1) is 8.78 Å². The molecule has 1 amide bonds. The van der Waals surface area contributed by atoms with Crippen molar-refractivity contribution in [3.05, 3.63) is 23.8 Å². The van der Waals surface area contributed by atoms with Gasteiger partial charge in [0.1, 0.15) is 0 Å². The SMILES string of the molecule is [CH3][Al][NH]C(=O)C1(c2ccc3c(c2)OC(F)(F)O3)CC1. The zero-order chi connectivity index (χ0) is 13.7. The summed E-state index contributed by atoms with van der Waals surface area (Å²) in [6, 6.07) is 4.56. The van der Waals surface area contributed by atoms with Gasteiger partial charge in [-0.25, -0.2) is 0 Å². The lowest BCUT2D eigenvalue weighted by molar-refractivity contribution is -0.286. The highest BCUT2D eigenvalue weighted by Crippen LogP contribution is 2.51. The summed E-state index contributed by atoms with van der Waals surface area (Å²) in [6.45, 7) is 0. The fourth-order valence-electron chi connectivity index (χ4n) is 2.29. The van der Waals surface area contributed by atoms with Crippen LogP contribution in [-0.4, -0.2) is 27.6 Å². The largest absolute Gasteiger partial charge is 0.586 e. The molecule has 1 heterocycles. The van der Waals surface area contributed by atoms with E-state index in [1.165, 1.54) is 12.1 Å². The summed E-state index contributed by atoms with van der Waals surface area (Å²) in [4.78, 5) is 12.0. The number of nitrogens with one attached hydrogen (secondary N) is 1. The van der Waals surface area contributed by atoms with Crippen molar-refractivity contribution in [2.45, 2.75) is 30.3 Å². The average Bonchev–Trinajstić information content (AvgIpc) is 3.07. The fraction of sp³-hybridized carbons (Fsp3) is 0.417. The van der Waals surface area contributed by atoms with Gasteiger partial charge < -0.3 is 13.8 Å². The van der Waals surface area contributed by atoms with Crippen LogP contribution in [0, 0.1) is 0 Å². The third-order valence-electron chi connectivity index (χ3n) is 3.41. The Hall–Kier alpha value is -1.32. The van der Waals surface area contributed by atoms with Gasteiger partial charge in [-0.2, -0.15) is 0 Å². The molecule has 1 aliphatic heterocycles. The molecule has 0 aromatic heterocycles. The molecule has 1 aromatic carbocycles. The summed E-state index contributed by atoms with van der Waals surface area (Å²) in [5.74, 6) is 1.89.